The van der Waals surface area contributed by atoms with Crippen molar-refractivity contribution < 1.29 is 0 Å². The molecule has 2 rings (SSSR count). The molecule has 2 heterocycles. The number of aryl methyl sites for hydroxylation is 2. The number of hydrogen-bond acceptors (Lipinski definition) is 2. The Hall–Kier alpha value is -1.71. The highest BCUT2D eigenvalue weighted by Crippen LogP contribution is 2.16. The second kappa shape index (κ2) is 3.81. The number of nitrogens with zero attached hydrogens (tertiary/aromatic N) is 3. The van der Waals surface area contributed by atoms with Crippen LogP contribution in [0.4, 0.5) is 0 Å². The number of nitrogens with one attached hydrogen (secondary N) is 1. The molecular weight excluding hydrogens is 188 g/mol. The molecule has 0 fully saturated rings. The Bertz CT molecular complexity index is 427. The summed E-state index contributed by atoms with van der Waals surface area (Å²) in [7, 11) is 1.94. The van der Waals surface area contributed by atoms with E-state index in [0.717, 1.165) is 5.69 Å². The van der Waals surface area contributed by atoms with Gasteiger partial charge in [-0.25, -0.2) is 0 Å². The Morgan fingerprint density at radius 3 is 2.53 bits per heavy atom. The minimum absolute atomic E-state index is 0.256. The first-order valence-electron chi connectivity index (χ1n) is 5.06. The zero-order valence-electron chi connectivity index (χ0n) is 9.31. The molecule has 2 aromatic rings. The predicted octanol–water partition coefficient (Wildman–Crippen LogP) is 1.83. The fourth-order valence-electron chi connectivity index (χ4n) is 1.76. The molecule has 0 saturated heterocycles. The predicted molar refractivity (Wildman–Crippen MR) is 60.2 cm³/mol. The van der Waals surface area contributed by atoms with Gasteiger partial charge in [-0.15, -0.1) is 0 Å². The van der Waals surface area contributed by atoms with Gasteiger partial charge in [-0.1, -0.05) is 0 Å². The molecule has 4 heteroatoms. The third-order valence-electron chi connectivity index (χ3n) is 2.47. The average Bonchev–Trinajstić information content (AvgIpc) is 2.75. The lowest BCUT2D eigenvalue weighted by molar-refractivity contribution is 0.723. The van der Waals surface area contributed by atoms with E-state index in [9.17, 15) is 0 Å². The Balaban J connectivity index is 2.14. The third kappa shape index (κ3) is 2.03. The summed E-state index contributed by atoms with van der Waals surface area (Å²) in [5.74, 6) is 0. The quantitative estimate of drug-likeness (QED) is 0.827. The number of rotatable bonds is 3. The summed E-state index contributed by atoms with van der Waals surface area (Å²) >= 11 is 0. The fourth-order valence-corrected chi connectivity index (χ4v) is 1.76. The molecule has 15 heavy (non-hydrogen) atoms. The Morgan fingerprint density at radius 1 is 1.33 bits per heavy atom. The molecule has 0 radical (unpaired) electrons. The van der Waals surface area contributed by atoms with Crippen LogP contribution in [0.2, 0.25) is 0 Å². The molecule has 1 atom stereocenters. The second-order valence-electron chi connectivity index (χ2n) is 3.78. The van der Waals surface area contributed by atoms with Crippen molar-refractivity contribution >= 4 is 0 Å². The van der Waals surface area contributed by atoms with E-state index in [0.29, 0.717) is 0 Å². The smallest absolute Gasteiger partial charge is 0.0678 e. The van der Waals surface area contributed by atoms with E-state index in [1.807, 2.05) is 47.9 Å². The standard InChI is InChI=1S/C11H16N4/c1-9-11(8-14(3)12-9)10(2)13-15-6-4-5-7-15/h4-8,10,13H,1-3H3. The summed E-state index contributed by atoms with van der Waals surface area (Å²) in [6.07, 6.45) is 6.03. The molecule has 0 aliphatic carbocycles. The second-order valence-corrected chi connectivity index (χ2v) is 3.78. The van der Waals surface area contributed by atoms with Gasteiger partial charge < -0.3 is 5.43 Å². The minimum Gasteiger partial charge on any atom is -0.319 e. The zero-order chi connectivity index (χ0) is 10.8. The van der Waals surface area contributed by atoms with Crippen LogP contribution < -0.4 is 5.43 Å². The summed E-state index contributed by atoms with van der Waals surface area (Å²) in [5.41, 5.74) is 5.66. The summed E-state index contributed by atoms with van der Waals surface area (Å²) in [4.78, 5) is 0. The van der Waals surface area contributed by atoms with Crippen molar-refractivity contribution in [1.29, 1.82) is 0 Å². The summed E-state index contributed by atoms with van der Waals surface area (Å²) < 4.78 is 3.80. The van der Waals surface area contributed by atoms with Crippen LogP contribution in [-0.2, 0) is 7.05 Å². The van der Waals surface area contributed by atoms with Crippen LogP contribution in [0.5, 0.6) is 0 Å². The van der Waals surface area contributed by atoms with Crippen molar-refractivity contribution in [2.75, 3.05) is 5.43 Å². The lowest BCUT2D eigenvalue weighted by Crippen LogP contribution is -2.17. The molecule has 0 aliphatic heterocycles. The lowest BCUT2D eigenvalue weighted by Gasteiger charge is -2.15. The molecule has 0 amide bonds. The van der Waals surface area contributed by atoms with E-state index in [4.69, 9.17) is 0 Å². The van der Waals surface area contributed by atoms with Gasteiger partial charge in [0.15, 0.2) is 0 Å². The van der Waals surface area contributed by atoms with Crippen molar-refractivity contribution in [3.8, 4) is 0 Å². The first-order valence-corrected chi connectivity index (χ1v) is 5.06. The largest absolute Gasteiger partial charge is 0.319 e. The van der Waals surface area contributed by atoms with E-state index in [1.165, 1.54) is 5.56 Å². The highest BCUT2D eigenvalue weighted by Gasteiger charge is 2.10. The molecule has 1 unspecified atom stereocenters. The van der Waals surface area contributed by atoms with Crippen LogP contribution in [0.1, 0.15) is 24.2 Å². The minimum atomic E-state index is 0.256. The van der Waals surface area contributed by atoms with E-state index in [1.54, 1.807) is 0 Å². The van der Waals surface area contributed by atoms with Crippen LogP contribution in [0.3, 0.4) is 0 Å². The van der Waals surface area contributed by atoms with Gasteiger partial charge in [0.2, 0.25) is 0 Å². The summed E-state index contributed by atoms with van der Waals surface area (Å²) in [6, 6.07) is 4.25. The molecule has 0 aliphatic rings. The molecular formula is C11H16N4. The summed E-state index contributed by atoms with van der Waals surface area (Å²) in [6.45, 7) is 4.16. The van der Waals surface area contributed by atoms with Gasteiger partial charge in [-0.2, -0.15) is 5.10 Å². The normalized spacial score (nSPS) is 12.7. The van der Waals surface area contributed by atoms with E-state index in [-0.39, 0.29) is 6.04 Å². The molecule has 0 spiro atoms. The van der Waals surface area contributed by atoms with Gasteiger partial charge in [-0.05, 0) is 26.0 Å². The van der Waals surface area contributed by atoms with Gasteiger partial charge in [0, 0.05) is 31.2 Å². The first kappa shape index (κ1) is 9.83. The van der Waals surface area contributed by atoms with Crippen molar-refractivity contribution in [2.24, 2.45) is 7.05 Å². The number of hydrogen-bond donors (Lipinski definition) is 1. The first-order chi connectivity index (χ1) is 7.16. The Labute approximate surface area is 89.5 Å². The maximum absolute atomic E-state index is 4.33. The van der Waals surface area contributed by atoms with Crippen molar-refractivity contribution in [3.63, 3.8) is 0 Å². The Kier molecular flexibility index (Phi) is 2.49. The van der Waals surface area contributed by atoms with Gasteiger partial charge in [0.25, 0.3) is 0 Å². The molecule has 4 nitrogen and oxygen atoms in total. The van der Waals surface area contributed by atoms with E-state index < -0.39 is 0 Å². The maximum atomic E-state index is 4.33. The van der Waals surface area contributed by atoms with Gasteiger partial charge in [0.1, 0.15) is 0 Å². The SMILES string of the molecule is Cc1nn(C)cc1C(C)Nn1cccc1. The molecule has 2 aromatic heterocycles. The molecule has 0 saturated carbocycles. The van der Waals surface area contributed by atoms with Crippen molar-refractivity contribution in [3.05, 3.63) is 42.0 Å². The summed E-state index contributed by atoms with van der Waals surface area (Å²) in [5, 5.41) is 4.33. The Morgan fingerprint density at radius 2 is 2.00 bits per heavy atom. The van der Waals surface area contributed by atoms with E-state index in [2.05, 4.69) is 23.6 Å². The fraction of sp³-hybridized carbons (Fsp3) is 0.364. The van der Waals surface area contributed by atoms with Crippen molar-refractivity contribution in [2.45, 2.75) is 19.9 Å². The monoisotopic (exact) mass is 204 g/mol. The van der Waals surface area contributed by atoms with Crippen LogP contribution in [0.15, 0.2) is 30.7 Å². The van der Waals surface area contributed by atoms with Crippen LogP contribution >= 0.6 is 0 Å². The average molecular weight is 204 g/mol. The van der Waals surface area contributed by atoms with Gasteiger partial charge in [0.05, 0.1) is 11.7 Å². The molecule has 80 valence electrons. The lowest BCUT2D eigenvalue weighted by atomic mass is 10.1. The topological polar surface area (TPSA) is 34.8 Å². The van der Waals surface area contributed by atoms with Crippen LogP contribution in [0, 0.1) is 6.92 Å². The van der Waals surface area contributed by atoms with Gasteiger partial charge >= 0.3 is 0 Å². The zero-order valence-corrected chi connectivity index (χ0v) is 9.31. The van der Waals surface area contributed by atoms with Crippen LogP contribution in [-0.4, -0.2) is 14.5 Å². The van der Waals surface area contributed by atoms with Crippen molar-refractivity contribution in [1.82, 2.24) is 14.5 Å². The molecule has 0 aromatic carbocycles. The highest BCUT2D eigenvalue weighted by atomic mass is 15.4. The third-order valence-corrected chi connectivity index (χ3v) is 2.47. The molecule has 1 N–H and O–H groups in total. The highest BCUT2D eigenvalue weighted by molar-refractivity contribution is 5.21. The molecule has 0 bridgehead atoms. The van der Waals surface area contributed by atoms with Gasteiger partial charge in [-0.3, -0.25) is 9.36 Å². The van der Waals surface area contributed by atoms with E-state index >= 15 is 0 Å². The van der Waals surface area contributed by atoms with Crippen LogP contribution in [0.25, 0.3) is 0 Å². The maximum Gasteiger partial charge on any atom is 0.0678 e. The number of aromatic nitrogens is 3.